The van der Waals surface area contributed by atoms with Crippen molar-refractivity contribution in [2.45, 2.75) is 37.9 Å². The van der Waals surface area contributed by atoms with Crippen LogP contribution in [0.5, 0.6) is 0 Å². The van der Waals surface area contributed by atoms with Gasteiger partial charge in [-0.15, -0.1) is 12.4 Å². The van der Waals surface area contributed by atoms with Crippen LogP contribution in [-0.2, 0) is 9.59 Å². The van der Waals surface area contributed by atoms with E-state index in [4.69, 9.17) is 5.73 Å². The Labute approximate surface area is 133 Å². The Balaban J connectivity index is 0.00000242. The monoisotopic (exact) mass is 343 g/mol. The van der Waals surface area contributed by atoms with Crippen LogP contribution in [0.1, 0.15) is 25.7 Å². The van der Waals surface area contributed by atoms with E-state index < -0.39 is 24.7 Å². The highest BCUT2D eigenvalue weighted by molar-refractivity contribution is 5.90. The number of likely N-dealkylation sites (tertiary alicyclic amines) is 1. The molecule has 0 spiro atoms. The second-order valence-electron chi connectivity index (χ2n) is 5.76. The van der Waals surface area contributed by atoms with Crippen LogP contribution in [0.15, 0.2) is 0 Å². The number of halogens is 4. The molecule has 2 amide bonds. The third-order valence-electron chi connectivity index (χ3n) is 4.28. The Morgan fingerprint density at radius 3 is 2.59 bits per heavy atom. The highest BCUT2D eigenvalue weighted by Crippen LogP contribution is 2.31. The predicted octanol–water partition coefficient (Wildman–Crippen LogP) is 1.06. The van der Waals surface area contributed by atoms with Gasteiger partial charge < -0.3 is 16.0 Å². The minimum Gasteiger partial charge on any atom is -0.344 e. The topological polar surface area (TPSA) is 75.4 Å². The molecular formula is C13H21ClF3N3O2. The Hall–Kier alpha value is -1.02. The molecule has 5 nitrogen and oxygen atoms in total. The normalized spacial score (nSPS) is 28.6. The summed E-state index contributed by atoms with van der Waals surface area (Å²) in [7, 11) is 0. The van der Waals surface area contributed by atoms with E-state index in [2.05, 4.69) is 5.32 Å². The highest BCUT2D eigenvalue weighted by Gasteiger charge is 2.41. The highest BCUT2D eigenvalue weighted by atomic mass is 35.5. The van der Waals surface area contributed by atoms with Crippen molar-refractivity contribution in [3.05, 3.63) is 0 Å². The van der Waals surface area contributed by atoms with Crippen molar-refractivity contribution < 1.29 is 22.8 Å². The second kappa shape index (κ2) is 7.50. The van der Waals surface area contributed by atoms with Gasteiger partial charge in [-0.25, -0.2) is 0 Å². The summed E-state index contributed by atoms with van der Waals surface area (Å²) >= 11 is 0. The molecule has 1 aliphatic carbocycles. The molecule has 1 aliphatic heterocycles. The van der Waals surface area contributed by atoms with Gasteiger partial charge in [0.05, 0.1) is 0 Å². The first kappa shape index (κ1) is 19.0. The zero-order valence-corrected chi connectivity index (χ0v) is 12.9. The molecule has 1 heterocycles. The molecule has 3 atom stereocenters. The van der Waals surface area contributed by atoms with E-state index in [0.717, 1.165) is 24.2 Å². The maximum Gasteiger partial charge on any atom is 0.406 e. The van der Waals surface area contributed by atoms with Gasteiger partial charge in [0.25, 0.3) is 0 Å². The molecule has 1 unspecified atom stereocenters. The molecule has 22 heavy (non-hydrogen) atoms. The lowest BCUT2D eigenvalue weighted by molar-refractivity contribution is -0.158. The summed E-state index contributed by atoms with van der Waals surface area (Å²) in [6.45, 7) is -0.821. The summed E-state index contributed by atoms with van der Waals surface area (Å²) in [5.74, 6) is -1.02. The molecule has 0 bridgehead atoms. The fraction of sp³-hybridized carbons (Fsp3) is 0.846. The number of hydrogen-bond acceptors (Lipinski definition) is 3. The number of alkyl halides is 3. The van der Waals surface area contributed by atoms with Crippen LogP contribution in [0.2, 0.25) is 0 Å². The van der Waals surface area contributed by atoms with Crippen molar-refractivity contribution in [2.24, 2.45) is 17.6 Å². The first-order valence-corrected chi connectivity index (χ1v) is 7.18. The van der Waals surface area contributed by atoms with Gasteiger partial charge in [0.2, 0.25) is 11.8 Å². The van der Waals surface area contributed by atoms with Gasteiger partial charge in [-0.05, 0) is 31.7 Å². The summed E-state index contributed by atoms with van der Waals surface area (Å²) in [5, 5.41) is 2.60. The predicted molar refractivity (Wildman–Crippen MR) is 76.3 cm³/mol. The number of rotatable bonds is 4. The molecular weight excluding hydrogens is 323 g/mol. The zero-order chi connectivity index (χ0) is 15.6. The van der Waals surface area contributed by atoms with Crippen LogP contribution < -0.4 is 11.1 Å². The minimum absolute atomic E-state index is 0. The molecule has 3 N–H and O–H groups in total. The lowest BCUT2D eigenvalue weighted by atomic mass is 9.95. The molecule has 128 valence electrons. The van der Waals surface area contributed by atoms with E-state index in [0.29, 0.717) is 6.54 Å². The third-order valence-corrected chi connectivity index (χ3v) is 4.28. The van der Waals surface area contributed by atoms with Crippen LogP contribution in [0.4, 0.5) is 13.2 Å². The Bertz CT molecular complexity index is 420. The molecule has 0 aromatic rings. The zero-order valence-electron chi connectivity index (χ0n) is 12.1. The molecule has 2 fully saturated rings. The molecule has 9 heteroatoms. The van der Waals surface area contributed by atoms with Crippen molar-refractivity contribution in [3.63, 3.8) is 0 Å². The molecule has 0 radical (unpaired) electrons. The van der Waals surface area contributed by atoms with Crippen LogP contribution >= 0.6 is 12.4 Å². The van der Waals surface area contributed by atoms with Crippen LogP contribution in [0, 0.1) is 11.8 Å². The Kier molecular flexibility index (Phi) is 6.49. The second-order valence-corrected chi connectivity index (χ2v) is 5.76. The van der Waals surface area contributed by atoms with E-state index in [1.807, 2.05) is 0 Å². The quantitative estimate of drug-likeness (QED) is 0.801. The molecule has 2 rings (SSSR count). The Morgan fingerprint density at radius 1 is 1.32 bits per heavy atom. The molecule has 0 aromatic heterocycles. The van der Waals surface area contributed by atoms with Crippen LogP contribution in [0.25, 0.3) is 0 Å². The van der Waals surface area contributed by atoms with Crippen molar-refractivity contribution in [2.75, 3.05) is 19.6 Å². The number of nitrogens with two attached hydrogens (primary N) is 1. The van der Waals surface area contributed by atoms with Crippen LogP contribution in [0.3, 0.4) is 0 Å². The van der Waals surface area contributed by atoms with Gasteiger partial charge in [-0.2, -0.15) is 13.2 Å². The summed E-state index contributed by atoms with van der Waals surface area (Å²) in [6, 6.07) is -0.834. The van der Waals surface area contributed by atoms with Gasteiger partial charge in [0.15, 0.2) is 0 Å². The molecule has 1 saturated heterocycles. The van der Waals surface area contributed by atoms with Crippen molar-refractivity contribution >= 4 is 24.2 Å². The largest absolute Gasteiger partial charge is 0.406 e. The molecule has 2 aliphatic rings. The number of carbonyl (C=O) groups is 2. The summed E-state index contributed by atoms with van der Waals surface area (Å²) in [6.07, 6.45) is -1.67. The maximum absolute atomic E-state index is 12.3. The smallest absolute Gasteiger partial charge is 0.344 e. The SMILES string of the molecule is Cl.NC[C@H]1CCC[C@H]1C(=O)NC1CCN(CC(F)(F)F)C1=O. The van der Waals surface area contributed by atoms with Gasteiger partial charge >= 0.3 is 6.18 Å². The summed E-state index contributed by atoms with van der Waals surface area (Å²) in [4.78, 5) is 24.8. The maximum atomic E-state index is 12.3. The Morgan fingerprint density at radius 2 is 2.00 bits per heavy atom. The summed E-state index contributed by atoms with van der Waals surface area (Å²) in [5.41, 5.74) is 5.61. The van der Waals surface area contributed by atoms with E-state index in [9.17, 15) is 22.8 Å². The van der Waals surface area contributed by atoms with Crippen LogP contribution in [-0.4, -0.2) is 48.6 Å². The third kappa shape index (κ3) is 4.49. The average Bonchev–Trinajstić information content (AvgIpc) is 2.98. The van der Waals surface area contributed by atoms with Gasteiger partial charge in [-0.3, -0.25) is 9.59 Å². The lowest BCUT2D eigenvalue weighted by Crippen LogP contribution is -2.46. The van der Waals surface area contributed by atoms with Gasteiger partial charge in [-0.1, -0.05) is 6.42 Å². The number of hydrogen-bond donors (Lipinski definition) is 2. The van der Waals surface area contributed by atoms with Crippen molar-refractivity contribution in [3.8, 4) is 0 Å². The van der Waals surface area contributed by atoms with E-state index >= 15 is 0 Å². The van der Waals surface area contributed by atoms with Gasteiger partial charge in [0.1, 0.15) is 12.6 Å². The lowest BCUT2D eigenvalue weighted by Gasteiger charge is -2.21. The molecule has 0 aromatic carbocycles. The number of amides is 2. The minimum atomic E-state index is -4.41. The number of carbonyl (C=O) groups excluding carboxylic acids is 2. The number of nitrogens with one attached hydrogen (secondary N) is 1. The van der Waals surface area contributed by atoms with E-state index in [-0.39, 0.29) is 43.1 Å². The summed E-state index contributed by atoms with van der Waals surface area (Å²) < 4.78 is 37.0. The fourth-order valence-electron chi connectivity index (χ4n) is 3.19. The standard InChI is InChI=1S/C13H20F3N3O2.ClH/c14-13(15,16)7-19-5-4-10(12(19)21)18-11(20)9-3-1-2-8(9)6-17;/h8-10H,1-7,17H2,(H,18,20);1H/t8-,9-,10?;/m1./s1. The first-order valence-electron chi connectivity index (χ1n) is 7.18. The van der Waals surface area contributed by atoms with Crippen molar-refractivity contribution in [1.82, 2.24) is 10.2 Å². The first-order chi connectivity index (χ1) is 9.81. The average molecular weight is 344 g/mol. The fourth-order valence-corrected chi connectivity index (χ4v) is 3.19. The van der Waals surface area contributed by atoms with E-state index in [1.54, 1.807) is 0 Å². The van der Waals surface area contributed by atoms with E-state index in [1.165, 1.54) is 0 Å². The molecule has 1 saturated carbocycles. The van der Waals surface area contributed by atoms with Gasteiger partial charge in [0, 0.05) is 12.5 Å². The van der Waals surface area contributed by atoms with Crippen molar-refractivity contribution in [1.29, 1.82) is 0 Å². The number of nitrogens with zero attached hydrogens (tertiary/aromatic N) is 1.